The van der Waals surface area contributed by atoms with Gasteiger partial charge in [-0.1, -0.05) is 17.7 Å². The Morgan fingerprint density at radius 2 is 2.12 bits per heavy atom. The smallest absolute Gasteiger partial charge is 0.217 e. The predicted molar refractivity (Wildman–Crippen MR) is 67.4 cm³/mol. The van der Waals surface area contributed by atoms with Gasteiger partial charge < -0.3 is 16.8 Å². The minimum atomic E-state index is -0.266. The van der Waals surface area contributed by atoms with Crippen molar-refractivity contribution in [1.82, 2.24) is 0 Å². The van der Waals surface area contributed by atoms with Gasteiger partial charge in [0.25, 0.3) is 0 Å². The van der Waals surface area contributed by atoms with Gasteiger partial charge in [-0.25, -0.2) is 0 Å². The van der Waals surface area contributed by atoms with Gasteiger partial charge in [0.2, 0.25) is 5.91 Å². The van der Waals surface area contributed by atoms with E-state index in [0.29, 0.717) is 17.1 Å². The first-order valence-electron chi connectivity index (χ1n) is 5.17. The second-order valence-corrected chi connectivity index (χ2v) is 3.96. The van der Waals surface area contributed by atoms with E-state index in [1.54, 1.807) is 18.2 Å². The number of hydrogen-bond donors (Lipinski definition) is 3. The molecule has 5 heteroatoms. The predicted octanol–water partition coefficient (Wildman–Crippen LogP) is 1.99. The van der Waals surface area contributed by atoms with Crippen LogP contribution in [0.25, 0.3) is 0 Å². The second-order valence-electron chi connectivity index (χ2n) is 3.55. The lowest BCUT2D eigenvalue weighted by molar-refractivity contribution is -0.118. The van der Waals surface area contributed by atoms with Gasteiger partial charge in [0.15, 0.2) is 0 Å². The standard InChI is InChI=1S/C11H16ClN3O/c12-8-4-3-5-9(13)11(8)15-7-2-1-6-10(14)16/h3-5,15H,1-2,6-7,13H2,(H2,14,16). The van der Waals surface area contributed by atoms with Crippen LogP contribution in [0.15, 0.2) is 18.2 Å². The number of nitrogens with two attached hydrogens (primary N) is 2. The summed E-state index contributed by atoms with van der Waals surface area (Å²) in [6.07, 6.45) is 2.04. The zero-order chi connectivity index (χ0) is 12.0. The first kappa shape index (κ1) is 12.6. The van der Waals surface area contributed by atoms with Crippen LogP contribution in [0.2, 0.25) is 5.02 Å². The van der Waals surface area contributed by atoms with Crippen LogP contribution in [0.4, 0.5) is 11.4 Å². The largest absolute Gasteiger partial charge is 0.397 e. The fourth-order valence-corrected chi connectivity index (χ4v) is 1.61. The number of halogens is 1. The number of carbonyl (C=O) groups excluding carboxylic acids is 1. The molecule has 0 saturated heterocycles. The molecule has 16 heavy (non-hydrogen) atoms. The average molecular weight is 242 g/mol. The maximum atomic E-state index is 10.5. The number of hydrogen-bond acceptors (Lipinski definition) is 3. The summed E-state index contributed by atoms with van der Waals surface area (Å²) < 4.78 is 0. The van der Waals surface area contributed by atoms with Crippen molar-refractivity contribution in [3.63, 3.8) is 0 Å². The molecule has 0 heterocycles. The van der Waals surface area contributed by atoms with Gasteiger partial charge in [-0.2, -0.15) is 0 Å². The number of unbranched alkanes of at least 4 members (excludes halogenated alkanes) is 1. The third-order valence-corrected chi connectivity index (χ3v) is 2.51. The quantitative estimate of drug-likeness (QED) is 0.526. The number of primary amides is 1. The van der Waals surface area contributed by atoms with Crippen molar-refractivity contribution in [3.05, 3.63) is 23.2 Å². The third kappa shape index (κ3) is 3.98. The zero-order valence-corrected chi connectivity index (χ0v) is 9.76. The van der Waals surface area contributed by atoms with Gasteiger partial charge in [0.1, 0.15) is 0 Å². The van der Waals surface area contributed by atoms with Crippen molar-refractivity contribution in [2.24, 2.45) is 5.73 Å². The fraction of sp³-hybridized carbons (Fsp3) is 0.364. The van der Waals surface area contributed by atoms with E-state index in [4.69, 9.17) is 23.1 Å². The number of carbonyl (C=O) groups is 1. The molecule has 1 aromatic rings. The van der Waals surface area contributed by atoms with Crippen LogP contribution < -0.4 is 16.8 Å². The minimum Gasteiger partial charge on any atom is -0.397 e. The van der Waals surface area contributed by atoms with Gasteiger partial charge in [0, 0.05) is 13.0 Å². The van der Waals surface area contributed by atoms with Crippen LogP contribution >= 0.6 is 11.6 Å². The van der Waals surface area contributed by atoms with Gasteiger partial charge in [-0.15, -0.1) is 0 Å². The van der Waals surface area contributed by atoms with Crippen LogP contribution in [0, 0.1) is 0 Å². The molecule has 0 unspecified atom stereocenters. The molecular weight excluding hydrogens is 226 g/mol. The summed E-state index contributed by atoms with van der Waals surface area (Å²) in [7, 11) is 0. The highest BCUT2D eigenvalue weighted by Gasteiger charge is 2.02. The summed E-state index contributed by atoms with van der Waals surface area (Å²) in [5.74, 6) is -0.266. The molecule has 1 rings (SSSR count). The van der Waals surface area contributed by atoms with Crippen LogP contribution in [0.5, 0.6) is 0 Å². The van der Waals surface area contributed by atoms with Crippen molar-refractivity contribution in [2.75, 3.05) is 17.6 Å². The molecule has 0 saturated carbocycles. The molecule has 4 nitrogen and oxygen atoms in total. The Hall–Kier alpha value is -1.42. The Morgan fingerprint density at radius 1 is 1.38 bits per heavy atom. The molecule has 0 spiro atoms. The normalized spacial score (nSPS) is 10.1. The highest BCUT2D eigenvalue weighted by atomic mass is 35.5. The Balaban J connectivity index is 2.34. The van der Waals surface area contributed by atoms with Gasteiger partial charge >= 0.3 is 0 Å². The summed E-state index contributed by atoms with van der Waals surface area (Å²) >= 11 is 5.98. The first-order chi connectivity index (χ1) is 7.61. The molecule has 0 aliphatic heterocycles. The summed E-state index contributed by atoms with van der Waals surface area (Å²) in [4.78, 5) is 10.5. The Labute approximate surface area is 100.0 Å². The number of amides is 1. The highest BCUT2D eigenvalue weighted by molar-refractivity contribution is 6.33. The molecule has 0 aliphatic rings. The van der Waals surface area contributed by atoms with Crippen LogP contribution in [0.1, 0.15) is 19.3 Å². The monoisotopic (exact) mass is 241 g/mol. The first-order valence-corrected chi connectivity index (χ1v) is 5.55. The van der Waals surface area contributed by atoms with E-state index in [0.717, 1.165) is 25.1 Å². The topological polar surface area (TPSA) is 81.1 Å². The highest BCUT2D eigenvalue weighted by Crippen LogP contribution is 2.27. The lowest BCUT2D eigenvalue weighted by Crippen LogP contribution is -2.11. The molecule has 0 fully saturated rings. The molecule has 1 amide bonds. The molecule has 0 aliphatic carbocycles. The van der Waals surface area contributed by atoms with Gasteiger partial charge in [0.05, 0.1) is 16.4 Å². The molecule has 88 valence electrons. The number of nitrogen functional groups attached to an aromatic ring is 1. The Morgan fingerprint density at radius 3 is 2.75 bits per heavy atom. The van der Waals surface area contributed by atoms with Crippen LogP contribution in [-0.4, -0.2) is 12.5 Å². The maximum Gasteiger partial charge on any atom is 0.217 e. The van der Waals surface area contributed by atoms with Crippen molar-refractivity contribution < 1.29 is 4.79 Å². The number of para-hydroxylation sites is 1. The molecule has 1 aromatic carbocycles. The zero-order valence-electron chi connectivity index (χ0n) is 9.00. The maximum absolute atomic E-state index is 10.5. The fourth-order valence-electron chi connectivity index (χ4n) is 1.36. The van der Waals surface area contributed by atoms with Crippen LogP contribution in [-0.2, 0) is 4.79 Å². The molecular formula is C11H16ClN3O. The Kier molecular flexibility index (Phi) is 4.92. The van der Waals surface area contributed by atoms with E-state index >= 15 is 0 Å². The molecule has 0 radical (unpaired) electrons. The summed E-state index contributed by atoms with van der Waals surface area (Å²) in [6.45, 7) is 0.723. The lowest BCUT2D eigenvalue weighted by Gasteiger charge is -2.10. The van der Waals surface area contributed by atoms with E-state index in [-0.39, 0.29) is 5.91 Å². The van der Waals surface area contributed by atoms with Crippen molar-refractivity contribution in [2.45, 2.75) is 19.3 Å². The minimum absolute atomic E-state index is 0.266. The van der Waals surface area contributed by atoms with E-state index in [1.807, 2.05) is 0 Å². The van der Waals surface area contributed by atoms with E-state index in [9.17, 15) is 4.79 Å². The summed E-state index contributed by atoms with van der Waals surface area (Å²) in [5, 5.41) is 3.75. The number of nitrogens with one attached hydrogen (secondary N) is 1. The second kappa shape index (κ2) is 6.23. The number of benzene rings is 1. The lowest BCUT2D eigenvalue weighted by atomic mass is 10.2. The average Bonchev–Trinajstić information content (AvgIpc) is 2.21. The summed E-state index contributed by atoms with van der Waals surface area (Å²) in [6, 6.07) is 5.37. The third-order valence-electron chi connectivity index (χ3n) is 2.20. The van der Waals surface area contributed by atoms with Gasteiger partial charge in [-0.3, -0.25) is 4.79 Å². The number of anilines is 2. The number of rotatable bonds is 6. The van der Waals surface area contributed by atoms with Crippen molar-refractivity contribution in [1.29, 1.82) is 0 Å². The van der Waals surface area contributed by atoms with E-state index < -0.39 is 0 Å². The van der Waals surface area contributed by atoms with Crippen molar-refractivity contribution >= 4 is 28.9 Å². The molecule has 0 bridgehead atoms. The van der Waals surface area contributed by atoms with Crippen molar-refractivity contribution in [3.8, 4) is 0 Å². The van der Waals surface area contributed by atoms with Gasteiger partial charge in [-0.05, 0) is 25.0 Å². The molecule has 5 N–H and O–H groups in total. The molecule has 0 atom stereocenters. The SMILES string of the molecule is NC(=O)CCCCNc1c(N)cccc1Cl. The van der Waals surface area contributed by atoms with E-state index in [2.05, 4.69) is 5.32 Å². The van der Waals surface area contributed by atoms with Crippen LogP contribution in [0.3, 0.4) is 0 Å². The molecule has 0 aromatic heterocycles. The Bertz CT molecular complexity index is 348. The summed E-state index contributed by atoms with van der Waals surface area (Å²) in [5.41, 5.74) is 12.2. The van der Waals surface area contributed by atoms with E-state index in [1.165, 1.54) is 0 Å².